The fourth-order valence-electron chi connectivity index (χ4n) is 4.45. The summed E-state index contributed by atoms with van der Waals surface area (Å²) in [5, 5.41) is 3.29. The van der Waals surface area contributed by atoms with Crippen molar-refractivity contribution in [2.24, 2.45) is 5.92 Å². The first-order chi connectivity index (χ1) is 13.1. The van der Waals surface area contributed by atoms with Crippen molar-refractivity contribution < 1.29 is 19.1 Å². The van der Waals surface area contributed by atoms with E-state index in [-0.39, 0.29) is 23.8 Å². The van der Waals surface area contributed by atoms with Gasteiger partial charge in [0.25, 0.3) is 0 Å². The second kappa shape index (κ2) is 7.50. The van der Waals surface area contributed by atoms with Gasteiger partial charge in [0.2, 0.25) is 11.8 Å². The van der Waals surface area contributed by atoms with Gasteiger partial charge in [0, 0.05) is 57.6 Å². The fourth-order valence-corrected chi connectivity index (χ4v) is 4.45. The highest BCUT2D eigenvalue weighted by Gasteiger charge is 2.43. The molecule has 2 fully saturated rings. The Morgan fingerprint density at radius 2 is 2.00 bits per heavy atom. The molecule has 2 atom stereocenters. The number of carbonyl (C=O) groups excluding carboxylic acids is 2. The molecular formula is C21H28N2O4. The minimum Gasteiger partial charge on any atom is -0.487 e. The molecule has 27 heavy (non-hydrogen) atoms. The lowest BCUT2D eigenvalue weighted by Crippen LogP contribution is -2.47. The molecule has 0 saturated carbocycles. The van der Waals surface area contributed by atoms with Gasteiger partial charge in [-0.2, -0.15) is 0 Å². The average molecular weight is 372 g/mol. The van der Waals surface area contributed by atoms with Crippen LogP contribution in [0.5, 0.6) is 5.75 Å². The van der Waals surface area contributed by atoms with Crippen LogP contribution < -0.4 is 10.1 Å². The number of fused-ring (bicyclic) bond motifs is 1. The van der Waals surface area contributed by atoms with Crippen LogP contribution in [0.15, 0.2) is 24.3 Å². The van der Waals surface area contributed by atoms with E-state index in [1.165, 1.54) is 0 Å². The van der Waals surface area contributed by atoms with Crippen LogP contribution in [0.2, 0.25) is 0 Å². The Labute approximate surface area is 160 Å². The summed E-state index contributed by atoms with van der Waals surface area (Å²) in [4.78, 5) is 26.8. The van der Waals surface area contributed by atoms with E-state index in [1.807, 2.05) is 31.3 Å². The minimum absolute atomic E-state index is 0.0200. The van der Waals surface area contributed by atoms with Gasteiger partial charge in [0.15, 0.2) is 0 Å². The number of rotatable bonds is 2. The molecule has 2 amide bonds. The Morgan fingerprint density at radius 3 is 2.81 bits per heavy atom. The van der Waals surface area contributed by atoms with E-state index in [0.29, 0.717) is 39.0 Å². The average Bonchev–Trinajstić information content (AvgIpc) is 2.83. The van der Waals surface area contributed by atoms with E-state index < -0.39 is 5.60 Å². The first kappa shape index (κ1) is 18.3. The Kier molecular flexibility index (Phi) is 5.08. The number of hydrogen-bond donors (Lipinski definition) is 1. The zero-order valence-corrected chi connectivity index (χ0v) is 15.9. The van der Waals surface area contributed by atoms with E-state index in [0.717, 1.165) is 30.6 Å². The Bertz CT molecular complexity index is 716. The molecule has 6 nitrogen and oxygen atoms in total. The minimum atomic E-state index is -0.400. The van der Waals surface area contributed by atoms with Crippen molar-refractivity contribution >= 4 is 11.8 Å². The van der Waals surface area contributed by atoms with Crippen molar-refractivity contribution in [3.05, 3.63) is 29.8 Å². The Hall–Kier alpha value is -2.08. The predicted molar refractivity (Wildman–Crippen MR) is 100 cm³/mol. The van der Waals surface area contributed by atoms with Gasteiger partial charge in [-0.05, 0) is 25.3 Å². The topological polar surface area (TPSA) is 67.9 Å². The van der Waals surface area contributed by atoms with E-state index >= 15 is 0 Å². The zero-order chi connectivity index (χ0) is 18.9. The molecule has 3 aliphatic rings. The predicted octanol–water partition coefficient (Wildman–Crippen LogP) is 2.43. The summed E-state index contributed by atoms with van der Waals surface area (Å²) in [7, 11) is 1.85. The summed E-state index contributed by atoms with van der Waals surface area (Å²) in [5.74, 6) is 1.12. The number of benzene rings is 1. The molecule has 0 bridgehead atoms. The molecule has 1 aromatic carbocycles. The number of ether oxygens (including phenoxy) is 2. The Morgan fingerprint density at radius 1 is 1.22 bits per heavy atom. The van der Waals surface area contributed by atoms with Crippen LogP contribution >= 0.6 is 0 Å². The van der Waals surface area contributed by atoms with Crippen molar-refractivity contribution in [3.63, 3.8) is 0 Å². The number of likely N-dealkylation sites (tertiary alicyclic amines) is 1. The number of nitrogens with zero attached hydrogens (tertiary/aromatic N) is 1. The lowest BCUT2D eigenvalue weighted by molar-refractivity contribution is -0.130. The third-order valence-electron chi connectivity index (χ3n) is 6.23. The van der Waals surface area contributed by atoms with Gasteiger partial charge in [0.1, 0.15) is 11.4 Å². The van der Waals surface area contributed by atoms with E-state index in [9.17, 15) is 9.59 Å². The van der Waals surface area contributed by atoms with Crippen LogP contribution in [0.1, 0.15) is 50.1 Å². The van der Waals surface area contributed by atoms with Gasteiger partial charge in [-0.3, -0.25) is 9.59 Å². The van der Waals surface area contributed by atoms with Gasteiger partial charge >= 0.3 is 0 Å². The van der Waals surface area contributed by atoms with Crippen LogP contribution in [0, 0.1) is 5.92 Å². The molecular weight excluding hydrogens is 344 g/mol. The van der Waals surface area contributed by atoms with Crippen molar-refractivity contribution in [3.8, 4) is 5.75 Å². The molecule has 4 rings (SSSR count). The third kappa shape index (κ3) is 3.81. The summed E-state index contributed by atoms with van der Waals surface area (Å²) in [6, 6.07) is 7.87. The molecule has 0 unspecified atom stereocenters. The second-order valence-electron chi connectivity index (χ2n) is 8.04. The summed E-state index contributed by atoms with van der Waals surface area (Å²) in [5.41, 5.74) is 0.634. The maximum Gasteiger partial charge on any atom is 0.223 e. The molecule has 0 aromatic heterocycles. The summed E-state index contributed by atoms with van der Waals surface area (Å²) in [6.45, 7) is 1.99. The molecule has 0 aliphatic carbocycles. The first-order valence-electron chi connectivity index (χ1n) is 9.96. The largest absolute Gasteiger partial charge is 0.487 e. The Balaban J connectivity index is 1.56. The maximum atomic E-state index is 12.8. The molecule has 0 radical (unpaired) electrons. The van der Waals surface area contributed by atoms with Crippen molar-refractivity contribution in [1.29, 1.82) is 0 Å². The summed E-state index contributed by atoms with van der Waals surface area (Å²) >= 11 is 0. The highest BCUT2D eigenvalue weighted by Crippen LogP contribution is 2.44. The van der Waals surface area contributed by atoms with Crippen LogP contribution in [0.25, 0.3) is 0 Å². The lowest BCUT2D eigenvalue weighted by atomic mass is 9.82. The lowest BCUT2D eigenvalue weighted by Gasteiger charge is -2.42. The quantitative estimate of drug-likeness (QED) is 0.866. The monoisotopic (exact) mass is 372 g/mol. The summed E-state index contributed by atoms with van der Waals surface area (Å²) < 4.78 is 11.8. The van der Waals surface area contributed by atoms with Crippen molar-refractivity contribution in [1.82, 2.24) is 10.2 Å². The summed E-state index contributed by atoms with van der Waals surface area (Å²) in [6.07, 6.45) is 4.23. The van der Waals surface area contributed by atoms with Gasteiger partial charge in [0.05, 0.1) is 6.04 Å². The highest BCUT2D eigenvalue weighted by atomic mass is 16.5. The second-order valence-corrected chi connectivity index (χ2v) is 8.04. The highest BCUT2D eigenvalue weighted by molar-refractivity contribution is 5.79. The molecule has 3 heterocycles. The van der Waals surface area contributed by atoms with Crippen LogP contribution in [0.4, 0.5) is 0 Å². The normalized spacial score (nSPS) is 29.0. The van der Waals surface area contributed by atoms with E-state index in [1.54, 1.807) is 4.90 Å². The zero-order valence-electron chi connectivity index (χ0n) is 15.9. The number of amides is 2. The number of para-hydroxylation sites is 1. The number of hydrogen-bond acceptors (Lipinski definition) is 4. The van der Waals surface area contributed by atoms with Crippen molar-refractivity contribution in [2.75, 3.05) is 26.8 Å². The maximum absolute atomic E-state index is 12.8. The molecule has 6 heteroatoms. The third-order valence-corrected chi connectivity index (χ3v) is 6.23. The van der Waals surface area contributed by atoms with Crippen LogP contribution in [-0.4, -0.2) is 49.1 Å². The first-order valence-corrected chi connectivity index (χ1v) is 9.96. The van der Waals surface area contributed by atoms with Gasteiger partial charge in [-0.25, -0.2) is 0 Å². The molecule has 146 valence electrons. The molecule has 1 aromatic rings. The van der Waals surface area contributed by atoms with Crippen LogP contribution in [-0.2, 0) is 14.3 Å². The molecule has 3 aliphatic heterocycles. The number of nitrogens with one attached hydrogen (secondary N) is 1. The van der Waals surface area contributed by atoms with Gasteiger partial charge in [-0.1, -0.05) is 18.2 Å². The van der Waals surface area contributed by atoms with Crippen LogP contribution in [0.3, 0.4) is 0 Å². The van der Waals surface area contributed by atoms with Gasteiger partial charge < -0.3 is 19.7 Å². The molecule has 1 N–H and O–H groups in total. The van der Waals surface area contributed by atoms with Crippen molar-refractivity contribution in [2.45, 2.75) is 50.2 Å². The number of carbonyl (C=O) groups is 2. The van der Waals surface area contributed by atoms with Gasteiger partial charge in [-0.15, -0.1) is 0 Å². The SMILES string of the molecule is CN1CC[C@@]2(CCC1=O)C[C@@H](NC(=O)C1CCOCC1)c1ccccc1O2. The fraction of sp³-hybridized carbons (Fsp3) is 0.619. The standard InChI is InChI=1S/C21H28N2O4/c1-23-11-10-21(9-6-19(23)24)14-17(16-4-2-3-5-18(16)27-21)22-20(25)15-7-12-26-13-8-15/h2-5,15,17H,6-14H2,1H3,(H,22,25)/t17-,21+/m1/s1. The molecule has 2 saturated heterocycles. The molecule has 1 spiro atoms. The van der Waals surface area contributed by atoms with E-state index in [2.05, 4.69) is 5.32 Å². The smallest absolute Gasteiger partial charge is 0.223 e. The van der Waals surface area contributed by atoms with E-state index in [4.69, 9.17) is 9.47 Å².